The molecule has 0 radical (unpaired) electrons. The van der Waals surface area contributed by atoms with Crippen LogP contribution in [0, 0.1) is 6.92 Å². The molecule has 0 saturated heterocycles. The van der Waals surface area contributed by atoms with E-state index >= 15 is 0 Å². The summed E-state index contributed by atoms with van der Waals surface area (Å²) in [6.07, 6.45) is 0. The number of anilines is 1. The molecule has 0 amide bonds. The Kier molecular flexibility index (Phi) is 4.29. The molecular weight excluding hydrogens is 266 g/mol. The quantitative estimate of drug-likeness (QED) is 0.739. The minimum absolute atomic E-state index is 0.563. The molecule has 0 aliphatic heterocycles. The van der Waals surface area contributed by atoms with Crippen molar-refractivity contribution in [3.63, 3.8) is 0 Å². The number of aryl methyl sites for hydroxylation is 1. The van der Waals surface area contributed by atoms with Gasteiger partial charge in [0.05, 0.1) is 0 Å². The van der Waals surface area contributed by atoms with Gasteiger partial charge in [0, 0.05) is 11.6 Å². The van der Waals surface area contributed by atoms with Crippen molar-refractivity contribution in [2.75, 3.05) is 5.32 Å². The SMILES string of the molecule is Cc1ccc(NC(O)(C(=O)O)C(C)c2ccccc2)cc1. The molecule has 2 aromatic rings. The molecule has 0 saturated carbocycles. The van der Waals surface area contributed by atoms with Crippen LogP contribution in [0.5, 0.6) is 0 Å². The van der Waals surface area contributed by atoms with E-state index in [9.17, 15) is 15.0 Å². The molecule has 0 bridgehead atoms. The van der Waals surface area contributed by atoms with Gasteiger partial charge in [-0.25, -0.2) is 4.79 Å². The third-order valence-corrected chi connectivity index (χ3v) is 3.64. The molecular formula is C17H19NO3. The maximum atomic E-state index is 11.6. The number of aliphatic hydroxyl groups is 1. The van der Waals surface area contributed by atoms with Gasteiger partial charge in [-0.1, -0.05) is 55.0 Å². The van der Waals surface area contributed by atoms with Gasteiger partial charge in [0.2, 0.25) is 5.72 Å². The first-order valence-corrected chi connectivity index (χ1v) is 6.79. The number of nitrogens with one attached hydrogen (secondary N) is 1. The number of aliphatic carboxylic acids is 1. The normalized spacial score (nSPS) is 15.0. The fourth-order valence-corrected chi connectivity index (χ4v) is 2.19. The summed E-state index contributed by atoms with van der Waals surface area (Å²) in [6, 6.07) is 16.3. The highest BCUT2D eigenvalue weighted by Gasteiger charge is 2.42. The molecule has 0 heterocycles. The predicted octanol–water partition coefficient (Wildman–Crippen LogP) is 2.98. The molecule has 2 rings (SSSR count). The van der Waals surface area contributed by atoms with Crippen LogP contribution in [0.25, 0.3) is 0 Å². The molecule has 2 aromatic carbocycles. The standard InChI is InChI=1S/C17H19NO3/c1-12-8-10-15(11-9-12)18-17(21,16(19)20)13(2)14-6-4-3-5-7-14/h3-11,13,18,21H,1-2H3,(H,19,20). The summed E-state index contributed by atoms with van der Waals surface area (Å²) in [5.74, 6) is -1.92. The molecule has 0 aliphatic carbocycles. The summed E-state index contributed by atoms with van der Waals surface area (Å²) in [7, 11) is 0. The first kappa shape index (κ1) is 15.1. The van der Waals surface area contributed by atoms with Crippen molar-refractivity contribution < 1.29 is 15.0 Å². The Morgan fingerprint density at radius 1 is 1.10 bits per heavy atom. The largest absolute Gasteiger partial charge is 0.478 e. The van der Waals surface area contributed by atoms with Crippen molar-refractivity contribution in [3.8, 4) is 0 Å². The van der Waals surface area contributed by atoms with E-state index < -0.39 is 17.6 Å². The third kappa shape index (κ3) is 3.23. The van der Waals surface area contributed by atoms with E-state index in [1.807, 2.05) is 37.3 Å². The van der Waals surface area contributed by atoms with Crippen molar-refractivity contribution in [3.05, 3.63) is 65.7 Å². The number of hydrogen-bond acceptors (Lipinski definition) is 3. The maximum absolute atomic E-state index is 11.6. The highest BCUT2D eigenvalue weighted by molar-refractivity contribution is 5.82. The van der Waals surface area contributed by atoms with Crippen LogP contribution >= 0.6 is 0 Å². The number of rotatable bonds is 5. The highest BCUT2D eigenvalue weighted by Crippen LogP contribution is 2.30. The lowest BCUT2D eigenvalue weighted by Crippen LogP contribution is -2.50. The van der Waals surface area contributed by atoms with E-state index in [0.29, 0.717) is 5.69 Å². The Labute approximate surface area is 124 Å². The monoisotopic (exact) mass is 285 g/mol. The van der Waals surface area contributed by atoms with E-state index in [4.69, 9.17) is 0 Å². The molecule has 0 aliphatic rings. The van der Waals surface area contributed by atoms with Crippen LogP contribution in [0.4, 0.5) is 5.69 Å². The molecule has 0 aromatic heterocycles. The van der Waals surface area contributed by atoms with Gasteiger partial charge in [-0.05, 0) is 24.6 Å². The first-order chi connectivity index (χ1) is 9.93. The zero-order valence-electron chi connectivity index (χ0n) is 12.1. The minimum Gasteiger partial charge on any atom is -0.478 e. The average Bonchev–Trinajstić information content (AvgIpc) is 2.49. The lowest BCUT2D eigenvalue weighted by Gasteiger charge is -2.32. The number of carboxylic acids is 1. The van der Waals surface area contributed by atoms with Crippen LogP contribution in [0.15, 0.2) is 54.6 Å². The Morgan fingerprint density at radius 2 is 1.67 bits per heavy atom. The number of hydrogen-bond donors (Lipinski definition) is 3. The Hall–Kier alpha value is -2.33. The van der Waals surface area contributed by atoms with Crippen LogP contribution < -0.4 is 5.32 Å². The van der Waals surface area contributed by atoms with Crippen molar-refractivity contribution in [2.24, 2.45) is 0 Å². The van der Waals surface area contributed by atoms with E-state index in [1.54, 1.807) is 31.2 Å². The summed E-state index contributed by atoms with van der Waals surface area (Å²) in [5, 5.41) is 22.8. The summed E-state index contributed by atoms with van der Waals surface area (Å²) in [4.78, 5) is 11.6. The maximum Gasteiger partial charge on any atom is 0.357 e. The third-order valence-electron chi connectivity index (χ3n) is 3.64. The smallest absolute Gasteiger partial charge is 0.357 e. The molecule has 2 unspecified atom stereocenters. The van der Waals surface area contributed by atoms with Crippen molar-refractivity contribution in [1.29, 1.82) is 0 Å². The van der Waals surface area contributed by atoms with Gasteiger partial charge < -0.3 is 15.5 Å². The fraction of sp³-hybridized carbons (Fsp3) is 0.235. The van der Waals surface area contributed by atoms with Gasteiger partial charge in [-0.2, -0.15) is 0 Å². The highest BCUT2D eigenvalue weighted by atomic mass is 16.4. The summed E-state index contributed by atoms with van der Waals surface area (Å²) < 4.78 is 0. The second kappa shape index (κ2) is 5.97. The van der Waals surface area contributed by atoms with Crippen molar-refractivity contribution >= 4 is 11.7 Å². The van der Waals surface area contributed by atoms with Crippen molar-refractivity contribution in [2.45, 2.75) is 25.5 Å². The predicted molar refractivity (Wildman–Crippen MR) is 82.2 cm³/mol. The summed E-state index contributed by atoms with van der Waals surface area (Å²) in [6.45, 7) is 3.63. The molecule has 3 N–H and O–H groups in total. The molecule has 2 atom stereocenters. The zero-order chi connectivity index (χ0) is 15.5. The van der Waals surface area contributed by atoms with E-state index in [2.05, 4.69) is 5.32 Å². The van der Waals surface area contributed by atoms with Gasteiger partial charge in [-0.3, -0.25) is 0 Å². The van der Waals surface area contributed by atoms with Gasteiger partial charge in [-0.15, -0.1) is 0 Å². The Balaban J connectivity index is 2.32. The Morgan fingerprint density at radius 3 is 2.19 bits per heavy atom. The van der Waals surface area contributed by atoms with Crippen LogP contribution in [-0.2, 0) is 4.79 Å². The van der Waals surface area contributed by atoms with E-state index in [1.165, 1.54) is 0 Å². The van der Waals surface area contributed by atoms with Crippen LogP contribution in [0.2, 0.25) is 0 Å². The Bertz CT molecular complexity index is 610. The van der Waals surface area contributed by atoms with Gasteiger partial charge in [0.15, 0.2) is 0 Å². The molecule has 21 heavy (non-hydrogen) atoms. The molecule has 4 nitrogen and oxygen atoms in total. The van der Waals surface area contributed by atoms with E-state index in [0.717, 1.165) is 11.1 Å². The fourth-order valence-electron chi connectivity index (χ4n) is 2.19. The molecule has 0 spiro atoms. The topological polar surface area (TPSA) is 69.6 Å². The van der Waals surface area contributed by atoms with Crippen LogP contribution in [0.3, 0.4) is 0 Å². The summed E-state index contributed by atoms with van der Waals surface area (Å²) in [5.41, 5.74) is 0.308. The average molecular weight is 285 g/mol. The number of carbonyl (C=O) groups is 1. The second-order valence-electron chi connectivity index (χ2n) is 5.19. The van der Waals surface area contributed by atoms with Gasteiger partial charge >= 0.3 is 5.97 Å². The summed E-state index contributed by atoms with van der Waals surface area (Å²) >= 11 is 0. The van der Waals surface area contributed by atoms with Crippen LogP contribution in [0.1, 0.15) is 24.0 Å². The molecule has 110 valence electrons. The first-order valence-electron chi connectivity index (χ1n) is 6.79. The van der Waals surface area contributed by atoms with Gasteiger partial charge in [0.1, 0.15) is 0 Å². The van der Waals surface area contributed by atoms with Crippen molar-refractivity contribution in [1.82, 2.24) is 0 Å². The van der Waals surface area contributed by atoms with E-state index in [-0.39, 0.29) is 0 Å². The van der Waals surface area contributed by atoms with Gasteiger partial charge in [0.25, 0.3) is 0 Å². The molecule has 0 fully saturated rings. The number of benzene rings is 2. The zero-order valence-corrected chi connectivity index (χ0v) is 12.1. The lowest BCUT2D eigenvalue weighted by molar-refractivity contribution is -0.157. The molecule has 4 heteroatoms. The van der Waals surface area contributed by atoms with Crippen LogP contribution in [-0.4, -0.2) is 21.9 Å². The number of carboxylic acid groups (broad SMARTS) is 1. The second-order valence-corrected chi connectivity index (χ2v) is 5.19. The lowest BCUT2D eigenvalue weighted by atomic mass is 9.89. The minimum atomic E-state index is -2.07.